The van der Waals surface area contributed by atoms with Crippen molar-refractivity contribution in [2.45, 2.75) is 39.2 Å². The van der Waals surface area contributed by atoms with Gasteiger partial charge in [0.15, 0.2) is 0 Å². The number of nitrogens with two attached hydrogens (primary N) is 1. The summed E-state index contributed by atoms with van der Waals surface area (Å²) < 4.78 is 25.9. The van der Waals surface area contributed by atoms with E-state index < -0.39 is 17.4 Å². The van der Waals surface area contributed by atoms with Crippen molar-refractivity contribution in [3.05, 3.63) is 0 Å². The van der Waals surface area contributed by atoms with Gasteiger partial charge in [-0.25, -0.2) is 8.78 Å². The maximum Gasteiger partial charge on any atom is 0.267 e. The van der Waals surface area contributed by atoms with Gasteiger partial charge in [-0.1, -0.05) is 13.8 Å². The number of halogens is 2. The first kappa shape index (κ1) is 9.82. The van der Waals surface area contributed by atoms with E-state index in [0.29, 0.717) is 0 Å². The van der Waals surface area contributed by atoms with Crippen LogP contribution in [0.3, 0.4) is 0 Å². The Morgan fingerprint density at radius 1 is 1.20 bits per heavy atom. The lowest BCUT2D eigenvalue weighted by molar-refractivity contribution is -0.0992. The van der Waals surface area contributed by atoms with Crippen LogP contribution in [0.4, 0.5) is 8.78 Å². The summed E-state index contributed by atoms with van der Waals surface area (Å²) in [5.41, 5.74) is 3.85. The number of alkyl halides is 2. The van der Waals surface area contributed by atoms with Gasteiger partial charge >= 0.3 is 0 Å². The highest BCUT2D eigenvalue weighted by atomic mass is 19.3. The van der Waals surface area contributed by atoms with Crippen LogP contribution in [-0.2, 0) is 0 Å². The lowest BCUT2D eigenvalue weighted by atomic mass is 9.89. The summed E-state index contributed by atoms with van der Waals surface area (Å²) in [6.07, 6.45) is 0. The second-order valence-corrected chi connectivity index (χ2v) is 3.50. The van der Waals surface area contributed by atoms with Crippen molar-refractivity contribution in [3.63, 3.8) is 0 Å². The van der Waals surface area contributed by atoms with Gasteiger partial charge in [0, 0.05) is 5.92 Å². The van der Waals surface area contributed by atoms with Crippen molar-refractivity contribution >= 4 is 0 Å². The summed E-state index contributed by atoms with van der Waals surface area (Å²) in [6.45, 7) is 5.61. The quantitative estimate of drug-likeness (QED) is 0.642. The van der Waals surface area contributed by atoms with Gasteiger partial charge in [-0.3, -0.25) is 0 Å². The van der Waals surface area contributed by atoms with Gasteiger partial charge in [-0.05, 0) is 13.8 Å². The molecule has 0 radical (unpaired) electrons. The van der Waals surface area contributed by atoms with Crippen molar-refractivity contribution in [1.82, 2.24) is 0 Å². The predicted octanol–water partition coefficient (Wildman–Crippen LogP) is 2.02. The molecule has 3 heteroatoms. The van der Waals surface area contributed by atoms with E-state index in [4.69, 9.17) is 5.73 Å². The Bertz CT molecular complexity index is 113. The molecule has 0 fully saturated rings. The van der Waals surface area contributed by atoms with E-state index in [-0.39, 0.29) is 0 Å². The summed E-state index contributed by atoms with van der Waals surface area (Å²) in [5.74, 6) is -3.49. The zero-order chi connectivity index (χ0) is 8.58. The molecule has 0 aliphatic carbocycles. The van der Waals surface area contributed by atoms with Gasteiger partial charge in [0.2, 0.25) is 0 Å². The molecule has 0 aliphatic rings. The van der Waals surface area contributed by atoms with Gasteiger partial charge in [-0.15, -0.1) is 0 Å². The first-order valence-electron chi connectivity index (χ1n) is 3.36. The van der Waals surface area contributed by atoms with Crippen LogP contribution in [0.1, 0.15) is 27.7 Å². The van der Waals surface area contributed by atoms with E-state index >= 15 is 0 Å². The monoisotopic (exact) mass is 151 g/mol. The topological polar surface area (TPSA) is 26.0 Å². The fourth-order valence-electron chi connectivity index (χ4n) is 0.744. The second kappa shape index (κ2) is 2.46. The molecular weight excluding hydrogens is 136 g/mol. The summed E-state index contributed by atoms with van der Waals surface area (Å²) in [4.78, 5) is 0. The fourth-order valence-corrected chi connectivity index (χ4v) is 0.744. The smallest absolute Gasteiger partial charge is 0.267 e. The SMILES string of the molecule is CC(C)C(F)(F)C(C)(C)N. The standard InChI is InChI=1S/C7H15F2N/c1-5(2)7(8,9)6(3,4)10/h5H,10H2,1-4H3. The highest BCUT2D eigenvalue weighted by Crippen LogP contribution is 2.33. The Balaban J connectivity index is 4.40. The number of hydrogen-bond acceptors (Lipinski definition) is 1. The average molecular weight is 151 g/mol. The van der Waals surface area contributed by atoms with Crippen LogP contribution in [0.2, 0.25) is 0 Å². The second-order valence-electron chi connectivity index (χ2n) is 3.50. The van der Waals surface area contributed by atoms with E-state index in [1.807, 2.05) is 0 Å². The maximum atomic E-state index is 12.9. The third-order valence-corrected chi connectivity index (χ3v) is 1.58. The molecule has 0 saturated heterocycles. The van der Waals surface area contributed by atoms with Crippen molar-refractivity contribution < 1.29 is 8.78 Å². The summed E-state index contributed by atoms with van der Waals surface area (Å²) >= 11 is 0. The average Bonchev–Trinajstić information content (AvgIpc) is 1.62. The first-order valence-corrected chi connectivity index (χ1v) is 3.36. The van der Waals surface area contributed by atoms with Crippen LogP contribution >= 0.6 is 0 Å². The highest BCUT2D eigenvalue weighted by molar-refractivity contribution is 4.91. The maximum absolute atomic E-state index is 12.9. The predicted molar refractivity (Wildman–Crippen MR) is 38.1 cm³/mol. The molecule has 0 spiro atoms. The van der Waals surface area contributed by atoms with Crippen LogP contribution in [0.5, 0.6) is 0 Å². The molecule has 0 unspecified atom stereocenters. The Hall–Kier alpha value is -0.180. The van der Waals surface area contributed by atoms with Crippen LogP contribution in [0, 0.1) is 5.92 Å². The Morgan fingerprint density at radius 2 is 1.50 bits per heavy atom. The van der Waals surface area contributed by atoms with Crippen molar-refractivity contribution in [2.75, 3.05) is 0 Å². The van der Waals surface area contributed by atoms with Crippen LogP contribution < -0.4 is 5.73 Å². The first-order chi connectivity index (χ1) is 4.19. The van der Waals surface area contributed by atoms with Gasteiger partial charge < -0.3 is 5.73 Å². The van der Waals surface area contributed by atoms with E-state index in [9.17, 15) is 8.78 Å². The molecule has 0 rings (SSSR count). The number of rotatable bonds is 2. The minimum atomic E-state index is -2.78. The van der Waals surface area contributed by atoms with Crippen molar-refractivity contribution in [2.24, 2.45) is 11.7 Å². The Labute approximate surface area is 60.6 Å². The van der Waals surface area contributed by atoms with Crippen LogP contribution in [0.15, 0.2) is 0 Å². The zero-order valence-corrected chi connectivity index (χ0v) is 6.91. The normalized spacial score (nSPS) is 14.4. The molecule has 0 aromatic heterocycles. The van der Waals surface area contributed by atoms with Crippen LogP contribution in [-0.4, -0.2) is 11.5 Å². The van der Waals surface area contributed by atoms with E-state index in [1.165, 1.54) is 27.7 Å². The van der Waals surface area contributed by atoms with E-state index in [1.54, 1.807) is 0 Å². The van der Waals surface area contributed by atoms with Gasteiger partial charge in [0.25, 0.3) is 5.92 Å². The number of hydrogen-bond donors (Lipinski definition) is 1. The van der Waals surface area contributed by atoms with Crippen molar-refractivity contribution in [1.29, 1.82) is 0 Å². The fraction of sp³-hybridized carbons (Fsp3) is 1.00. The lowest BCUT2D eigenvalue weighted by Gasteiger charge is -2.33. The molecule has 62 valence electrons. The minimum Gasteiger partial charge on any atom is -0.321 e. The molecule has 2 N–H and O–H groups in total. The summed E-state index contributed by atoms with van der Waals surface area (Å²) in [7, 11) is 0. The largest absolute Gasteiger partial charge is 0.321 e. The third-order valence-electron chi connectivity index (χ3n) is 1.58. The minimum absolute atomic E-state index is 0.701. The Kier molecular flexibility index (Phi) is 2.41. The molecule has 0 aliphatic heterocycles. The molecule has 0 heterocycles. The van der Waals surface area contributed by atoms with Gasteiger partial charge in [0.1, 0.15) is 0 Å². The molecule has 0 atom stereocenters. The molecule has 1 nitrogen and oxygen atoms in total. The lowest BCUT2D eigenvalue weighted by Crippen LogP contribution is -2.53. The summed E-state index contributed by atoms with van der Waals surface area (Å²) in [5, 5.41) is 0. The molecule has 0 aromatic carbocycles. The Morgan fingerprint density at radius 3 is 1.50 bits per heavy atom. The highest BCUT2D eigenvalue weighted by Gasteiger charge is 2.46. The molecule has 0 aromatic rings. The van der Waals surface area contributed by atoms with E-state index in [0.717, 1.165) is 0 Å². The van der Waals surface area contributed by atoms with E-state index in [2.05, 4.69) is 0 Å². The van der Waals surface area contributed by atoms with Gasteiger partial charge in [0.05, 0.1) is 5.54 Å². The molecule has 0 bridgehead atoms. The van der Waals surface area contributed by atoms with Crippen LogP contribution in [0.25, 0.3) is 0 Å². The molecular formula is C7H15F2N. The molecule has 0 saturated carbocycles. The molecule has 10 heavy (non-hydrogen) atoms. The van der Waals surface area contributed by atoms with Crippen molar-refractivity contribution in [3.8, 4) is 0 Å². The third kappa shape index (κ3) is 1.66. The van der Waals surface area contributed by atoms with Gasteiger partial charge in [-0.2, -0.15) is 0 Å². The summed E-state index contributed by atoms with van der Waals surface area (Å²) in [6, 6.07) is 0. The molecule has 0 amide bonds. The zero-order valence-electron chi connectivity index (χ0n) is 6.91.